The Labute approximate surface area is 142 Å². The van der Waals surface area contributed by atoms with Crippen molar-refractivity contribution in [2.75, 3.05) is 51.5 Å². The molecular formula is C18H25N3O3. The van der Waals surface area contributed by atoms with Crippen molar-refractivity contribution in [1.29, 1.82) is 0 Å². The van der Waals surface area contributed by atoms with Gasteiger partial charge in [0.2, 0.25) is 5.88 Å². The molecule has 130 valence electrons. The Morgan fingerprint density at radius 1 is 1.21 bits per heavy atom. The third kappa shape index (κ3) is 4.14. The van der Waals surface area contributed by atoms with Gasteiger partial charge in [0.05, 0.1) is 18.8 Å². The summed E-state index contributed by atoms with van der Waals surface area (Å²) in [6.07, 6.45) is 0.981. The molecule has 1 aromatic heterocycles. The average Bonchev–Trinajstić information content (AvgIpc) is 3.07. The zero-order valence-electron chi connectivity index (χ0n) is 14.2. The monoisotopic (exact) mass is 331 g/mol. The molecule has 0 bridgehead atoms. The minimum absolute atomic E-state index is 0.724. The highest BCUT2D eigenvalue weighted by molar-refractivity contribution is 5.68. The molecule has 1 aliphatic heterocycles. The summed E-state index contributed by atoms with van der Waals surface area (Å²) >= 11 is 0. The van der Waals surface area contributed by atoms with Gasteiger partial charge in [-0.3, -0.25) is 0 Å². The van der Waals surface area contributed by atoms with Crippen LogP contribution in [0.2, 0.25) is 0 Å². The lowest BCUT2D eigenvalue weighted by Gasteiger charge is -2.26. The molecule has 2 heterocycles. The lowest BCUT2D eigenvalue weighted by molar-refractivity contribution is 0.120. The maximum atomic E-state index is 5.72. The number of nitrogens with one attached hydrogen (secondary N) is 1. The zero-order valence-corrected chi connectivity index (χ0v) is 14.2. The molecule has 0 atom stereocenters. The van der Waals surface area contributed by atoms with Crippen molar-refractivity contribution in [3.63, 3.8) is 0 Å². The van der Waals surface area contributed by atoms with Gasteiger partial charge < -0.3 is 24.2 Å². The lowest BCUT2D eigenvalue weighted by atomic mass is 10.1. The zero-order chi connectivity index (χ0) is 16.6. The molecule has 6 heteroatoms. The quantitative estimate of drug-likeness (QED) is 0.749. The normalized spacial score (nSPS) is 15.0. The van der Waals surface area contributed by atoms with Crippen molar-refractivity contribution in [3.8, 4) is 11.3 Å². The van der Waals surface area contributed by atoms with E-state index in [0.717, 1.165) is 75.1 Å². The number of nitrogens with zero attached hydrogens (tertiary/aromatic N) is 2. The fourth-order valence-corrected chi connectivity index (χ4v) is 2.85. The first-order valence-corrected chi connectivity index (χ1v) is 8.46. The van der Waals surface area contributed by atoms with Crippen LogP contribution in [-0.2, 0) is 16.0 Å². The van der Waals surface area contributed by atoms with Crippen LogP contribution in [0.25, 0.3) is 11.3 Å². The number of aromatic nitrogens is 1. The Balaban J connectivity index is 1.79. The van der Waals surface area contributed by atoms with Crippen molar-refractivity contribution in [1.82, 2.24) is 10.5 Å². The number of methoxy groups -OCH3 is 1. The van der Waals surface area contributed by atoms with Gasteiger partial charge in [0.15, 0.2) is 0 Å². The first-order valence-electron chi connectivity index (χ1n) is 8.46. The van der Waals surface area contributed by atoms with E-state index in [2.05, 4.69) is 27.5 Å². The van der Waals surface area contributed by atoms with E-state index < -0.39 is 0 Å². The Morgan fingerprint density at radius 2 is 2.00 bits per heavy atom. The second kappa shape index (κ2) is 8.82. The number of ether oxygens (including phenoxy) is 2. The van der Waals surface area contributed by atoms with Crippen molar-refractivity contribution >= 4 is 5.88 Å². The average molecular weight is 331 g/mol. The number of rotatable bonds is 8. The van der Waals surface area contributed by atoms with Crippen molar-refractivity contribution in [2.45, 2.75) is 13.0 Å². The molecule has 2 aromatic rings. The van der Waals surface area contributed by atoms with Crippen LogP contribution in [0.5, 0.6) is 0 Å². The van der Waals surface area contributed by atoms with Gasteiger partial charge in [-0.05, 0) is 13.0 Å². The highest BCUT2D eigenvalue weighted by atomic mass is 16.5. The van der Waals surface area contributed by atoms with E-state index in [1.807, 2.05) is 18.2 Å². The van der Waals surface area contributed by atoms with Gasteiger partial charge in [-0.2, -0.15) is 0 Å². The van der Waals surface area contributed by atoms with E-state index in [-0.39, 0.29) is 0 Å². The summed E-state index contributed by atoms with van der Waals surface area (Å²) in [6, 6.07) is 10.2. The Hall–Kier alpha value is -1.89. The first kappa shape index (κ1) is 17.0. The molecule has 0 amide bonds. The van der Waals surface area contributed by atoms with Crippen LogP contribution in [-0.4, -0.2) is 51.7 Å². The van der Waals surface area contributed by atoms with Crippen LogP contribution in [0.15, 0.2) is 34.9 Å². The molecule has 0 saturated carbocycles. The summed E-state index contributed by atoms with van der Waals surface area (Å²) in [5.74, 6) is 0.858. The number of hydrogen-bond acceptors (Lipinski definition) is 6. The number of hydrogen-bond donors (Lipinski definition) is 1. The summed E-state index contributed by atoms with van der Waals surface area (Å²) < 4.78 is 16.3. The minimum Gasteiger partial charge on any atom is -0.385 e. The molecule has 0 radical (unpaired) electrons. The summed E-state index contributed by atoms with van der Waals surface area (Å²) in [7, 11) is 1.73. The van der Waals surface area contributed by atoms with E-state index in [0.29, 0.717) is 0 Å². The van der Waals surface area contributed by atoms with Crippen LogP contribution in [0.4, 0.5) is 5.88 Å². The molecule has 0 aliphatic carbocycles. The van der Waals surface area contributed by atoms with Crippen LogP contribution in [0, 0.1) is 0 Å². The summed E-state index contributed by atoms with van der Waals surface area (Å²) in [6.45, 7) is 5.50. The van der Waals surface area contributed by atoms with Crippen LogP contribution >= 0.6 is 0 Å². The molecule has 3 rings (SSSR count). The standard InChI is InChI=1S/C18H25N3O3/c1-22-11-5-8-19-14-16-17(15-6-3-2-4-7-15)20-24-18(16)21-9-12-23-13-10-21/h2-4,6-7,19H,5,8-14H2,1H3. The highest BCUT2D eigenvalue weighted by Gasteiger charge is 2.23. The van der Waals surface area contributed by atoms with Crippen molar-refractivity contribution in [2.24, 2.45) is 0 Å². The van der Waals surface area contributed by atoms with E-state index in [1.54, 1.807) is 7.11 Å². The third-order valence-corrected chi connectivity index (χ3v) is 4.12. The van der Waals surface area contributed by atoms with Gasteiger partial charge in [0, 0.05) is 38.9 Å². The Kier molecular flexibility index (Phi) is 6.23. The number of anilines is 1. The van der Waals surface area contributed by atoms with Gasteiger partial charge in [0.25, 0.3) is 0 Å². The molecule has 0 unspecified atom stereocenters. The van der Waals surface area contributed by atoms with E-state index >= 15 is 0 Å². The van der Waals surface area contributed by atoms with Gasteiger partial charge in [-0.25, -0.2) is 0 Å². The number of benzene rings is 1. The molecule has 6 nitrogen and oxygen atoms in total. The topological polar surface area (TPSA) is 59.8 Å². The third-order valence-electron chi connectivity index (χ3n) is 4.12. The van der Waals surface area contributed by atoms with E-state index in [1.165, 1.54) is 0 Å². The molecular weight excluding hydrogens is 306 g/mol. The molecule has 1 aromatic carbocycles. The van der Waals surface area contributed by atoms with Crippen molar-refractivity contribution in [3.05, 3.63) is 35.9 Å². The second-order valence-corrected chi connectivity index (χ2v) is 5.80. The van der Waals surface area contributed by atoms with Crippen LogP contribution < -0.4 is 10.2 Å². The smallest absolute Gasteiger partial charge is 0.232 e. The van der Waals surface area contributed by atoms with Crippen LogP contribution in [0.3, 0.4) is 0 Å². The predicted molar refractivity (Wildman–Crippen MR) is 93.2 cm³/mol. The second-order valence-electron chi connectivity index (χ2n) is 5.80. The van der Waals surface area contributed by atoms with E-state index in [9.17, 15) is 0 Å². The van der Waals surface area contributed by atoms with Gasteiger partial charge in [-0.15, -0.1) is 0 Å². The van der Waals surface area contributed by atoms with Crippen molar-refractivity contribution < 1.29 is 14.0 Å². The van der Waals surface area contributed by atoms with Crippen LogP contribution in [0.1, 0.15) is 12.0 Å². The molecule has 24 heavy (non-hydrogen) atoms. The Morgan fingerprint density at radius 3 is 2.75 bits per heavy atom. The lowest BCUT2D eigenvalue weighted by Crippen LogP contribution is -2.36. The SMILES string of the molecule is COCCCNCc1c(-c2ccccc2)noc1N1CCOCC1. The van der Waals surface area contributed by atoms with Gasteiger partial charge in [-0.1, -0.05) is 35.5 Å². The highest BCUT2D eigenvalue weighted by Crippen LogP contribution is 2.31. The summed E-state index contributed by atoms with van der Waals surface area (Å²) in [4.78, 5) is 2.22. The maximum Gasteiger partial charge on any atom is 0.232 e. The number of morpholine rings is 1. The molecule has 1 aliphatic rings. The minimum atomic E-state index is 0.724. The summed E-state index contributed by atoms with van der Waals surface area (Å²) in [5, 5.41) is 7.83. The maximum absolute atomic E-state index is 5.72. The molecule has 1 saturated heterocycles. The first-order chi connectivity index (χ1) is 11.9. The molecule has 1 N–H and O–H groups in total. The van der Waals surface area contributed by atoms with Gasteiger partial charge >= 0.3 is 0 Å². The fourth-order valence-electron chi connectivity index (χ4n) is 2.85. The summed E-state index contributed by atoms with van der Waals surface area (Å²) in [5.41, 5.74) is 3.10. The largest absolute Gasteiger partial charge is 0.385 e. The fraction of sp³-hybridized carbons (Fsp3) is 0.500. The predicted octanol–water partition coefficient (Wildman–Crippen LogP) is 2.30. The molecule has 1 fully saturated rings. The molecule has 0 spiro atoms. The van der Waals surface area contributed by atoms with Gasteiger partial charge in [0.1, 0.15) is 5.69 Å². The Bertz CT molecular complexity index is 609. The van der Waals surface area contributed by atoms with E-state index in [4.69, 9.17) is 14.0 Å².